The fourth-order valence-electron chi connectivity index (χ4n) is 4.80. The van der Waals surface area contributed by atoms with E-state index in [1.807, 2.05) is 19.1 Å². The van der Waals surface area contributed by atoms with Crippen LogP contribution in [-0.2, 0) is 6.42 Å². The monoisotopic (exact) mass is 435 g/mol. The number of hydrogen-bond acceptors (Lipinski definition) is 6. The maximum absolute atomic E-state index is 12.6. The summed E-state index contributed by atoms with van der Waals surface area (Å²) in [4.78, 5) is 21.0. The van der Waals surface area contributed by atoms with E-state index >= 15 is 0 Å². The lowest BCUT2D eigenvalue weighted by Gasteiger charge is -2.36. The number of pyridine rings is 1. The second kappa shape index (κ2) is 8.48. The Balaban J connectivity index is 1.16. The molecule has 2 aromatic heterocycles. The molecular formula is C24H29N5OS. The maximum Gasteiger partial charge on any atom is 0.263 e. The standard InChI is InChI=1S/C24H29N5OS/c1-15-2-7-20-21(25)22(31-24(20)28-15)23(30)27-10-8-16-3-5-19(6-4-16)29-11-9-17-12-26-13-18(17)14-29/h2-7,17-18,26H,8-14,25H2,1H3,(H,27,30). The molecule has 4 heterocycles. The van der Waals surface area contributed by atoms with Gasteiger partial charge in [0.2, 0.25) is 0 Å². The molecule has 6 nitrogen and oxygen atoms in total. The number of rotatable bonds is 5. The number of aromatic nitrogens is 1. The summed E-state index contributed by atoms with van der Waals surface area (Å²) in [5.74, 6) is 1.51. The van der Waals surface area contributed by atoms with Crippen molar-refractivity contribution in [2.24, 2.45) is 11.8 Å². The van der Waals surface area contributed by atoms with Crippen LogP contribution in [-0.4, -0.2) is 43.6 Å². The van der Waals surface area contributed by atoms with Crippen LogP contribution in [0.1, 0.15) is 27.3 Å². The third-order valence-electron chi connectivity index (χ3n) is 6.64. The van der Waals surface area contributed by atoms with Crippen molar-refractivity contribution >= 4 is 38.8 Å². The average Bonchev–Trinajstić information content (AvgIpc) is 3.37. The van der Waals surface area contributed by atoms with E-state index in [2.05, 4.69) is 44.8 Å². The third kappa shape index (κ3) is 4.12. The van der Waals surface area contributed by atoms with Crippen LogP contribution in [0.3, 0.4) is 0 Å². The minimum absolute atomic E-state index is 0.122. The number of piperidine rings is 1. The van der Waals surface area contributed by atoms with E-state index in [9.17, 15) is 4.79 Å². The Kier molecular flexibility index (Phi) is 5.54. The van der Waals surface area contributed by atoms with Gasteiger partial charge < -0.3 is 21.3 Å². The van der Waals surface area contributed by atoms with Gasteiger partial charge in [0, 0.05) is 36.4 Å². The van der Waals surface area contributed by atoms with Crippen LogP contribution in [0, 0.1) is 18.8 Å². The summed E-state index contributed by atoms with van der Waals surface area (Å²) in [7, 11) is 0. The zero-order chi connectivity index (χ0) is 21.4. The molecule has 3 aromatic rings. The molecule has 162 valence electrons. The molecule has 2 fully saturated rings. The number of carbonyl (C=O) groups is 1. The van der Waals surface area contributed by atoms with E-state index in [0.717, 1.165) is 53.8 Å². The lowest BCUT2D eigenvalue weighted by atomic mass is 9.88. The molecule has 5 rings (SSSR count). The first-order chi connectivity index (χ1) is 15.1. The number of nitrogens with one attached hydrogen (secondary N) is 2. The summed E-state index contributed by atoms with van der Waals surface area (Å²) in [5, 5.41) is 7.40. The highest BCUT2D eigenvalue weighted by atomic mass is 32.1. The van der Waals surface area contributed by atoms with E-state index in [0.29, 0.717) is 17.1 Å². The van der Waals surface area contributed by atoms with Crippen molar-refractivity contribution in [2.75, 3.05) is 43.4 Å². The zero-order valence-electron chi connectivity index (χ0n) is 17.9. The summed E-state index contributed by atoms with van der Waals surface area (Å²) in [5.41, 5.74) is 10.2. The number of hydrogen-bond donors (Lipinski definition) is 3. The predicted molar refractivity (Wildman–Crippen MR) is 128 cm³/mol. The zero-order valence-corrected chi connectivity index (χ0v) is 18.7. The van der Waals surface area contributed by atoms with Gasteiger partial charge in [0.15, 0.2) is 0 Å². The van der Waals surface area contributed by atoms with Crippen molar-refractivity contribution in [1.82, 2.24) is 15.6 Å². The van der Waals surface area contributed by atoms with E-state index < -0.39 is 0 Å². The number of amides is 1. The first kappa shape index (κ1) is 20.3. The Labute approximate surface area is 186 Å². The van der Waals surface area contributed by atoms with E-state index in [-0.39, 0.29) is 5.91 Å². The normalized spacial score (nSPS) is 20.7. The molecular weight excluding hydrogens is 406 g/mol. The van der Waals surface area contributed by atoms with Crippen molar-refractivity contribution < 1.29 is 4.79 Å². The van der Waals surface area contributed by atoms with Gasteiger partial charge in [0.1, 0.15) is 9.71 Å². The SMILES string of the molecule is Cc1ccc2c(N)c(C(=O)NCCc3ccc(N4CCC5CNCC5C4)cc3)sc2n1. The van der Waals surface area contributed by atoms with Crippen molar-refractivity contribution in [1.29, 1.82) is 0 Å². The van der Waals surface area contributed by atoms with E-state index in [1.165, 1.54) is 35.6 Å². The van der Waals surface area contributed by atoms with Crippen molar-refractivity contribution in [3.8, 4) is 0 Å². The quantitative estimate of drug-likeness (QED) is 0.573. The molecule has 2 unspecified atom stereocenters. The van der Waals surface area contributed by atoms with Crippen LogP contribution in [0.2, 0.25) is 0 Å². The van der Waals surface area contributed by atoms with Crippen LogP contribution in [0.4, 0.5) is 11.4 Å². The summed E-state index contributed by atoms with van der Waals surface area (Å²) in [6.07, 6.45) is 2.07. The minimum Gasteiger partial charge on any atom is -0.397 e. The molecule has 0 spiro atoms. The Morgan fingerprint density at radius 1 is 1.23 bits per heavy atom. The minimum atomic E-state index is -0.122. The van der Waals surface area contributed by atoms with E-state index in [1.54, 1.807) is 0 Å². The lowest BCUT2D eigenvalue weighted by molar-refractivity contribution is 0.0959. The van der Waals surface area contributed by atoms with Gasteiger partial charge in [-0.05, 0) is 74.5 Å². The van der Waals surface area contributed by atoms with Crippen LogP contribution >= 0.6 is 11.3 Å². The molecule has 1 aromatic carbocycles. The summed E-state index contributed by atoms with van der Waals surface area (Å²) in [6.45, 7) is 7.15. The number of carbonyl (C=O) groups excluding carboxylic acids is 1. The highest BCUT2D eigenvalue weighted by molar-refractivity contribution is 7.21. The average molecular weight is 436 g/mol. The fraction of sp³-hybridized carbons (Fsp3) is 0.417. The Morgan fingerprint density at radius 2 is 2.03 bits per heavy atom. The summed E-state index contributed by atoms with van der Waals surface area (Å²) in [6, 6.07) is 12.7. The number of aryl methyl sites for hydroxylation is 1. The number of benzene rings is 1. The maximum atomic E-state index is 12.6. The summed E-state index contributed by atoms with van der Waals surface area (Å²) < 4.78 is 0. The third-order valence-corrected chi connectivity index (χ3v) is 7.76. The molecule has 1 amide bonds. The van der Waals surface area contributed by atoms with Gasteiger partial charge in [-0.15, -0.1) is 11.3 Å². The molecule has 0 bridgehead atoms. The van der Waals surface area contributed by atoms with Crippen LogP contribution in [0.25, 0.3) is 10.2 Å². The number of nitrogens with zero attached hydrogens (tertiary/aromatic N) is 2. The first-order valence-electron chi connectivity index (χ1n) is 11.1. The van der Waals surface area contributed by atoms with Crippen LogP contribution < -0.4 is 21.3 Å². The van der Waals surface area contributed by atoms with Crippen molar-refractivity contribution in [3.63, 3.8) is 0 Å². The topological polar surface area (TPSA) is 83.3 Å². The van der Waals surface area contributed by atoms with Gasteiger partial charge in [0.05, 0.1) is 5.69 Å². The van der Waals surface area contributed by atoms with Gasteiger partial charge in [-0.3, -0.25) is 4.79 Å². The number of nitrogens with two attached hydrogens (primary N) is 1. The second-order valence-corrected chi connectivity index (χ2v) is 9.73. The number of thiophene rings is 1. The Bertz CT molecular complexity index is 1090. The molecule has 2 saturated heterocycles. The molecule has 2 atom stereocenters. The van der Waals surface area contributed by atoms with Gasteiger partial charge in [0.25, 0.3) is 5.91 Å². The molecule has 2 aliphatic rings. The smallest absolute Gasteiger partial charge is 0.263 e. The molecule has 2 aliphatic heterocycles. The molecule has 31 heavy (non-hydrogen) atoms. The molecule has 0 radical (unpaired) electrons. The molecule has 4 N–H and O–H groups in total. The number of anilines is 2. The van der Waals surface area contributed by atoms with Crippen LogP contribution in [0.5, 0.6) is 0 Å². The van der Waals surface area contributed by atoms with E-state index in [4.69, 9.17) is 5.73 Å². The first-order valence-corrected chi connectivity index (χ1v) is 11.9. The van der Waals surface area contributed by atoms with Crippen LogP contribution in [0.15, 0.2) is 36.4 Å². The van der Waals surface area contributed by atoms with Crippen molar-refractivity contribution in [2.45, 2.75) is 19.8 Å². The van der Waals surface area contributed by atoms with Gasteiger partial charge >= 0.3 is 0 Å². The van der Waals surface area contributed by atoms with Gasteiger partial charge in [-0.1, -0.05) is 12.1 Å². The molecule has 7 heteroatoms. The highest BCUT2D eigenvalue weighted by Gasteiger charge is 2.32. The Hall–Kier alpha value is -2.64. The number of nitrogen functional groups attached to an aromatic ring is 1. The molecule has 0 saturated carbocycles. The Morgan fingerprint density at radius 3 is 2.87 bits per heavy atom. The van der Waals surface area contributed by atoms with Gasteiger partial charge in [-0.25, -0.2) is 4.98 Å². The number of fused-ring (bicyclic) bond motifs is 2. The van der Waals surface area contributed by atoms with Gasteiger partial charge in [-0.2, -0.15) is 0 Å². The second-order valence-electron chi connectivity index (χ2n) is 8.74. The predicted octanol–water partition coefficient (Wildman–Crippen LogP) is 3.21. The van der Waals surface area contributed by atoms with Crippen molar-refractivity contribution in [3.05, 3.63) is 52.5 Å². The summed E-state index contributed by atoms with van der Waals surface area (Å²) >= 11 is 1.36. The largest absolute Gasteiger partial charge is 0.397 e. The lowest BCUT2D eigenvalue weighted by Crippen LogP contribution is -2.40. The highest BCUT2D eigenvalue weighted by Crippen LogP contribution is 2.32. The fourth-order valence-corrected chi connectivity index (χ4v) is 5.86. The molecule has 0 aliphatic carbocycles.